The number of halogens is 1. The maximum Gasteiger partial charge on any atom is 0.240 e. The first-order valence-electron chi connectivity index (χ1n) is 5.06. The second kappa shape index (κ2) is 3.59. The quantitative estimate of drug-likeness (QED) is 0.668. The average Bonchev–Trinajstić information content (AvgIpc) is 2.34. The molecule has 6 heteroatoms. The van der Waals surface area contributed by atoms with E-state index in [0.29, 0.717) is 16.1 Å². The third kappa shape index (κ3) is 1.52. The Hall–Kier alpha value is -1.82. The largest absolute Gasteiger partial charge is 0.348 e. The number of fused-ring (bicyclic) bond motifs is 2. The van der Waals surface area contributed by atoms with Gasteiger partial charge in [-0.15, -0.1) is 0 Å². The Morgan fingerprint density at radius 2 is 1.88 bits per heavy atom. The van der Waals surface area contributed by atoms with Crippen LogP contribution in [-0.4, -0.2) is 9.78 Å². The molecule has 2 aromatic rings. The van der Waals surface area contributed by atoms with Crippen LogP contribution >= 0.6 is 15.9 Å². The summed E-state index contributed by atoms with van der Waals surface area (Å²) in [6, 6.07) is 7.71. The minimum absolute atomic E-state index is 0.153. The number of para-hydroxylation sites is 2. The van der Waals surface area contributed by atoms with E-state index in [1.807, 2.05) is 24.3 Å². The monoisotopic (exact) mass is 292 g/mol. The standard InChI is InChI=1S/C11H9BrN4O/c1-16-11-8(9(17)10(12)15-16)13-6-4-2-3-5-7(6)14-11/h2-5,13-14H,1H3. The average molecular weight is 293 g/mol. The van der Waals surface area contributed by atoms with Gasteiger partial charge in [-0.25, -0.2) is 4.68 Å². The molecule has 1 aliphatic heterocycles. The van der Waals surface area contributed by atoms with E-state index in [9.17, 15) is 4.79 Å². The second-order valence-electron chi connectivity index (χ2n) is 3.76. The molecule has 0 radical (unpaired) electrons. The lowest BCUT2D eigenvalue weighted by Gasteiger charge is -2.23. The molecule has 5 nitrogen and oxygen atoms in total. The summed E-state index contributed by atoms with van der Waals surface area (Å²) in [6.07, 6.45) is 0. The van der Waals surface area contributed by atoms with E-state index in [1.54, 1.807) is 11.7 Å². The molecule has 0 amide bonds. The van der Waals surface area contributed by atoms with Crippen LogP contribution in [-0.2, 0) is 7.05 Å². The van der Waals surface area contributed by atoms with Crippen LogP contribution in [0.15, 0.2) is 33.7 Å². The van der Waals surface area contributed by atoms with E-state index in [4.69, 9.17) is 0 Å². The summed E-state index contributed by atoms with van der Waals surface area (Å²) in [5, 5.41) is 10.4. The van der Waals surface area contributed by atoms with Crippen molar-refractivity contribution in [3.8, 4) is 0 Å². The lowest BCUT2D eigenvalue weighted by atomic mass is 10.2. The van der Waals surface area contributed by atoms with Crippen LogP contribution in [0.4, 0.5) is 22.9 Å². The molecule has 0 aliphatic carbocycles. The number of aromatic nitrogens is 2. The van der Waals surface area contributed by atoms with Gasteiger partial charge in [0.15, 0.2) is 10.4 Å². The van der Waals surface area contributed by atoms with Crippen LogP contribution in [0, 0.1) is 0 Å². The zero-order chi connectivity index (χ0) is 12.0. The summed E-state index contributed by atoms with van der Waals surface area (Å²) in [4.78, 5) is 12.0. The summed E-state index contributed by atoms with van der Waals surface area (Å²) < 4.78 is 1.93. The highest BCUT2D eigenvalue weighted by Gasteiger charge is 2.20. The summed E-state index contributed by atoms with van der Waals surface area (Å²) in [5.74, 6) is 0.664. The molecule has 0 saturated carbocycles. The molecule has 1 aromatic heterocycles. The molecule has 0 atom stereocenters. The van der Waals surface area contributed by atoms with Gasteiger partial charge in [0.25, 0.3) is 0 Å². The van der Waals surface area contributed by atoms with Crippen molar-refractivity contribution < 1.29 is 0 Å². The summed E-state index contributed by atoms with van der Waals surface area (Å²) in [6.45, 7) is 0. The minimum atomic E-state index is -0.153. The fourth-order valence-electron chi connectivity index (χ4n) is 1.82. The van der Waals surface area contributed by atoms with Crippen LogP contribution in [0.25, 0.3) is 0 Å². The molecule has 0 bridgehead atoms. The fraction of sp³-hybridized carbons (Fsp3) is 0.0909. The van der Waals surface area contributed by atoms with Gasteiger partial charge in [0.05, 0.1) is 11.4 Å². The van der Waals surface area contributed by atoms with E-state index < -0.39 is 0 Å². The number of anilines is 4. The Labute approximate surface area is 106 Å². The van der Waals surface area contributed by atoms with Gasteiger partial charge in [-0.1, -0.05) is 12.1 Å². The second-order valence-corrected chi connectivity index (χ2v) is 4.51. The van der Waals surface area contributed by atoms with Crippen LogP contribution in [0.1, 0.15) is 0 Å². The minimum Gasteiger partial charge on any atom is -0.348 e. The van der Waals surface area contributed by atoms with Crippen molar-refractivity contribution in [1.82, 2.24) is 9.78 Å². The maximum absolute atomic E-state index is 12.0. The molecule has 17 heavy (non-hydrogen) atoms. The fourth-order valence-corrected chi connectivity index (χ4v) is 2.26. The molecule has 0 saturated heterocycles. The van der Waals surface area contributed by atoms with Gasteiger partial charge in [-0.2, -0.15) is 5.10 Å². The van der Waals surface area contributed by atoms with Gasteiger partial charge >= 0.3 is 0 Å². The predicted octanol–water partition coefficient (Wildman–Crippen LogP) is 2.34. The molecule has 1 aromatic carbocycles. The lowest BCUT2D eigenvalue weighted by molar-refractivity contribution is 0.734. The molecule has 0 fully saturated rings. The number of aryl methyl sites for hydroxylation is 1. The van der Waals surface area contributed by atoms with Gasteiger partial charge in [-0.05, 0) is 28.1 Å². The van der Waals surface area contributed by atoms with Crippen LogP contribution in [0.2, 0.25) is 0 Å². The molecular weight excluding hydrogens is 284 g/mol. The summed E-state index contributed by atoms with van der Waals surface area (Å²) in [7, 11) is 1.78. The predicted molar refractivity (Wildman–Crippen MR) is 70.2 cm³/mol. The lowest BCUT2D eigenvalue weighted by Crippen LogP contribution is -2.22. The number of benzene rings is 1. The number of hydrogen-bond donors (Lipinski definition) is 2. The van der Waals surface area contributed by atoms with Crippen molar-refractivity contribution >= 4 is 38.8 Å². The molecular formula is C11H9BrN4O. The van der Waals surface area contributed by atoms with Gasteiger partial charge in [-0.3, -0.25) is 4.79 Å². The molecule has 3 rings (SSSR count). The molecule has 0 unspecified atom stereocenters. The van der Waals surface area contributed by atoms with Crippen molar-refractivity contribution in [2.45, 2.75) is 0 Å². The highest BCUT2D eigenvalue weighted by Crippen LogP contribution is 2.35. The zero-order valence-corrected chi connectivity index (χ0v) is 10.6. The molecule has 86 valence electrons. The van der Waals surface area contributed by atoms with Crippen molar-refractivity contribution in [3.63, 3.8) is 0 Å². The molecule has 2 heterocycles. The Morgan fingerprint density at radius 1 is 1.24 bits per heavy atom. The SMILES string of the molecule is Cn1nc(Br)c(=O)c2c1Nc1ccccc1N2. The van der Waals surface area contributed by atoms with Crippen molar-refractivity contribution in [2.24, 2.45) is 7.05 Å². The van der Waals surface area contributed by atoms with E-state index in [0.717, 1.165) is 11.4 Å². The van der Waals surface area contributed by atoms with E-state index >= 15 is 0 Å². The summed E-state index contributed by atoms with van der Waals surface area (Å²) >= 11 is 3.15. The number of rotatable bonds is 0. The topological polar surface area (TPSA) is 59.0 Å². The first-order valence-corrected chi connectivity index (χ1v) is 5.86. The van der Waals surface area contributed by atoms with E-state index in [2.05, 4.69) is 31.7 Å². The number of nitrogens with one attached hydrogen (secondary N) is 2. The number of nitrogens with zero attached hydrogens (tertiary/aromatic N) is 2. The third-order valence-corrected chi connectivity index (χ3v) is 3.17. The molecule has 0 spiro atoms. The highest BCUT2D eigenvalue weighted by molar-refractivity contribution is 9.10. The zero-order valence-electron chi connectivity index (χ0n) is 8.99. The van der Waals surface area contributed by atoms with Gasteiger partial charge in [0.2, 0.25) is 5.43 Å². The molecule has 1 aliphatic rings. The van der Waals surface area contributed by atoms with Crippen LogP contribution in [0.3, 0.4) is 0 Å². The first-order chi connectivity index (χ1) is 8.16. The van der Waals surface area contributed by atoms with Crippen molar-refractivity contribution in [3.05, 3.63) is 39.1 Å². The Kier molecular flexibility index (Phi) is 2.19. The van der Waals surface area contributed by atoms with Gasteiger partial charge in [0, 0.05) is 7.05 Å². The normalized spacial score (nSPS) is 12.1. The Morgan fingerprint density at radius 3 is 2.59 bits per heavy atom. The number of hydrogen-bond acceptors (Lipinski definition) is 4. The van der Waals surface area contributed by atoms with Crippen LogP contribution in [0.5, 0.6) is 0 Å². The van der Waals surface area contributed by atoms with E-state index in [-0.39, 0.29) is 5.43 Å². The Balaban J connectivity index is 2.25. The first kappa shape index (κ1) is 10.3. The highest BCUT2D eigenvalue weighted by atomic mass is 79.9. The smallest absolute Gasteiger partial charge is 0.240 e. The van der Waals surface area contributed by atoms with Crippen LogP contribution < -0.4 is 16.1 Å². The van der Waals surface area contributed by atoms with Gasteiger partial charge < -0.3 is 10.6 Å². The third-order valence-electron chi connectivity index (χ3n) is 2.65. The van der Waals surface area contributed by atoms with E-state index in [1.165, 1.54) is 0 Å². The Bertz CT molecular complexity index is 665. The maximum atomic E-state index is 12.0. The van der Waals surface area contributed by atoms with Crippen molar-refractivity contribution in [1.29, 1.82) is 0 Å². The molecule has 2 N–H and O–H groups in total. The van der Waals surface area contributed by atoms with Crippen molar-refractivity contribution in [2.75, 3.05) is 10.6 Å². The van der Waals surface area contributed by atoms with Gasteiger partial charge in [0.1, 0.15) is 5.69 Å². The summed E-state index contributed by atoms with van der Waals surface area (Å²) in [5.41, 5.74) is 2.17.